The first-order valence-electron chi connectivity index (χ1n) is 9.40. The number of rotatable bonds is 6. The Hall–Kier alpha value is -1.35. The molecule has 0 spiro atoms. The van der Waals surface area contributed by atoms with Gasteiger partial charge < -0.3 is 5.32 Å². The van der Waals surface area contributed by atoms with E-state index >= 15 is 0 Å². The Balaban J connectivity index is 1.39. The third-order valence-electron chi connectivity index (χ3n) is 6.29. The van der Waals surface area contributed by atoms with Crippen LogP contribution in [0, 0.1) is 28.6 Å². The van der Waals surface area contributed by atoms with Crippen LogP contribution in [-0.4, -0.2) is 20.0 Å². The van der Waals surface area contributed by atoms with E-state index in [9.17, 15) is 4.79 Å². The van der Waals surface area contributed by atoms with Crippen molar-refractivity contribution in [1.29, 1.82) is 5.26 Å². The molecule has 4 aliphatic rings. The number of anilines is 1. The van der Waals surface area contributed by atoms with Gasteiger partial charge in [-0.05, 0) is 63.2 Å². The fourth-order valence-electron chi connectivity index (χ4n) is 5.71. The van der Waals surface area contributed by atoms with Gasteiger partial charge >= 0.3 is 0 Å². The zero-order valence-corrected chi connectivity index (χ0v) is 16.1. The maximum absolute atomic E-state index is 13.1. The molecule has 4 atom stereocenters. The first kappa shape index (κ1) is 17.1. The van der Waals surface area contributed by atoms with Gasteiger partial charge in [0.15, 0.2) is 0 Å². The smallest absolute Gasteiger partial charge is 0.230 e. The molecule has 2 unspecified atom stereocenters. The highest BCUT2D eigenvalue weighted by atomic mass is 79.9. The van der Waals surface area contributed by atoms with Crippen molar-refractivity contribution in [3.8, 4) is 6.07 Å². The molecule has 0 aliphatic heterocycles. The summed E-state index contributed by atoms with van der Waals surface area (Å²) in [6.45, 7) is 0.789. The van der Waals surface area contributed by atoms with E-state index in [0.29, 0.717) is 18.3 Å². The van der Waals surface area contributed by atoms with Crippen LogP contribution in [0.1, 0.15) is 57.8 Å². The summed E-state index contributed by atoms with van der Waals surface area (Å²) < 4.78 is 2.05. The van der Waals surface area contributed by atoms with Crippen LogP contribution in [0.5, 0.6) is 0 Å². The van der Waals surface area contributed by atoms with Crippen LogP contribution < -0.4 is 5.32 Å². The molecular weight excluding hydrogens is 380 g/mol. The quantitative estimate of drug-likeness (QED) is 0.568. The summed E-state index contributed by atoms with van der Waals surface area (Å²) in [7, 11) is 0. The van der Waals surface area contributed by atoms with E-state index in [0.717, 1.165) is 44.3 Å². The lowest BCUT2D eigenvalue weighted by atomic mass is 9.49. The molecule has 4 fully saturated rings. The van der Waals surface area contributed by atoms with E-state index in [1.165, 1.54) is 19.3 Å². The second-order valence-electron chi connectivity index (χ2n) is 8.45. The number of amides is 1. The molecular formula is C19H25BrN4O. The topological polar surface area (TPSA) is 70.7 Å². The van der Waals surface area contributed by atoms with Crippen LogP contribution in [0.25, 0.3) is 0 Å². The van der Waals surface area contributed by atoms with Crippen LogP contribution in [0.2, 0.25) is 0 Å². The van der Waals surface area contributed by atoms with Crippen molar-refractivity contribution >= 4 is 27.5 Å². The zero-order chi connectivity index (χ0) is 17.5. The number of halogens is 1. The number of hydrogen-bond donors (Lipinski definition) is 1. The minimum Gasteiger partial charge on any atom is -0.323 e. The molecule has 6 heteroatoms. The van der Waals surface area contributed by atoms with Crippen LogP contribution in [0.3, 0.4) is 0 Å². The molecule has 1 heterocycles. The largest absolute Gasteiger partial charge is 0.323 e. The average molecular weight is 405 g/mol. The molecule has 4 aliphatic carbocycles. The average Bonchev–Trinajstić information content (AvgIpc) is 2.96. The minimum absolute atomic E-state index is 0.189. The first-order chi connectivity index (χ1) is 12.0. The van der Waals surface area contributed by atoms with Crippen molar-refractivity contribution in [3.05, 3.63) is 12.4 Å². The van der Waals surface area contributed by atoms with E-state index in [-0.39, 0.29) is 15.6 Å². The highest BCUT2D eigenvalue weighted by molar-refractivity contribution is 9.10. The highest BCUT2D eigenvalue weighted by Gasteiger charge is 2.59. The van der Waals surface area contributed by atoms with Gasteiger partial charge in [-0.3, -0.25) is 9.48 Å². The van der Waals surface area contributed by atoms with Gasteiger partial charge in [0.1, 0.15) is 0 Å². The third kappa shape index (κ3) is 3.36. The minimum atomic E-state index is -0.192. The fourth-order valence-corrected chi connectivity index (χ4v) is 7.16. The lowest BCUT2D eigenvalue weighted by Crippen LogP contribution is -2.57. The second-order valence-corrected chi connectivity index (χ2v) is 10.1. The maximum atomic E-state index is 13.1. The lowest BCUT2D eigenvalue weighted by Gasteiger charge is -2.59. The van der Waals surface area contributed by atoms with E-state index in [4.69, 9.17) is 5.26 Å². The number of nitrogens with zero attached hydrogens (tertiary/aromatic N) is 3. The summed E-state index contributed by atoms with van der Waals surface area (Å²) in [5, 5.41) is 16.1. The molecule has 5 rings (SSSR count). The molecule has 134 valence electrons. The van der Waals surface area contributed by atoms with Crippen LogP contribution >= 0.6 is 15.9 Å². The standard InChI is InChI=1S/C19H25BrN4O/c20-19-9-14-6-15(10-19)8-18(7-14,13-19)17(25)23-16-11-22-24(12-16)5-3-1-2-4-21/h11-12,14-15H,1-3,5-10,13H2,(H,23,25)/t14-,15+,18?,19?. The van der Waals surface area contributed by atoms with Crippen molar-refractivity contribution in [2.75, 3.05) is 5.32 Å². The highest BCUT2D eigenvalue weighted by Crippen LogP contribution is 2.64. The van der Waals surface area contributed by atoms with Gasteiger partial charge in [-0.2, -0.15) is 10.4 Å². The number of unbranched alkanes of at least 4 members (excludes halogenated alkanes) is 2. The van der Waals surface area contributed by atoms with Gasteiger partial charge in [-0.15, -0.1) is 0 Å². The number of aromatic nitrogens is 2. The predicted octanol–water partition coefficient (Wildman–Crippen LogP) is 4.25. The maximum Gasteiger partial charge on any atom is 0.230 e. The van der Waals surface area contributed by atoms with E-state index in [1.807, 2.05) is 10.9 Å². The fraction of sp³-hybridized carbons (Fsp3) is 0.737. The summed E-state index contributed by atoms with van der Waals surface area (Å²) >= 11 is 3.97. The molecule has 4 bridgehead atoms. The van der Waals surface area contributed by atoms with Crippen molar-refractivity contribution in [2.24, 2.45) is 17.3 Å². The van der Waals surface area contributed by atoms with Crippen molar-refractivity contribution < 1.29 is 4.79 Å². The van der Waals surface area contributed by atoms with Crippen LogP contribution in [0.4, 0.5) is 5.69 Å². The molecule has 4 saturated carbocycles. The summed E-state index contributed by atoms with van der Waals surface area (Å²) in [6.07, 6.45) is 12.9. The Bertz CT molecular complexity index is 693. The number of hydrogen-bond acceptors (Lipinski definition) is 3. The lowest BCUT2D eigenvalue weighted by molar-refractivity contribution is -0.138. The third-order valence-corrected chi connectivity index (χ3v) is 7.22. The van der Waals surface area contributed by atoms with Crippen molar-refractivity contribution in [3.63, 3.8) is 0 Å². The normalized spacial score (nSPS) is 35.5. The molecule has 25 heavy (non-hydrogen) atoms. The molecule has 5 nitrogen and oxygen atoms in total. The van der Waals surface area contributed by atoms with Crippen molar-refractivity contribution in [2.45, 2.75) is 68.7 Å². The molecule has 0 saturated heterocycles. The Kier molecular flexibility index (Phi) is 4.39. The van der Waals surface area contributed by atoms with Gasteiger partial charge in [0.05, 0.1) is 23.4 Å². The SMILES string of the molecule is N#CCCCCn1cc(NC(=O)C23C[C@@H]4C[C@@H](CC(Br)(C4)C2)C3)cn1. The van der Waals surface area contributed by atoms with Crippen LogP contribution in [-0.2, 0) is 11.3 Å². The van der Waals surface area contributed by atoms with Gasteiger partial charge in [-0.1, -0.05) is 15.9 Å². The molecule has 1 aromatic heterocycles. The Labute approximate surface area is 157 Å². The Morgan fingerprint density at radius 2 is 2.12 bits per heavy atom. The summed E-state index contributed by atoms with van der Waals surface area (Å²) in [6, 6.07) is 2.16. The molecule has 0 radical (unpaired) electrons. The van der Waals surface area contributed by atoms with E-state index in [2.05, 4.69) is 32.4 Å². The number of nitriles is 1. The second kappa shape index (κ2) is 6.42. The number of alkyl halides is 1. The van der Waals surface area contributed by atoms with Crippen molar-refractivity contribution in [1.82, 2.24) is 9.78 Å². The number of carbonyl (C=O) groups excluding carboxylic acids is 1. The van der Waals surface area contributed by atoms with E-state index in [1.54, 1.807) is 6.20 Å². The number of aryl methyl sites for hydroxylation is 1. The summed E-state index contributed by atoms with van der Waals surface area (Å²) in [5.41, 5.74) is 0.604. The number of carbonyl (C=O) groups is 1. The number of nitrogens with one attached hydrogen (secondary N) is 1. The van der Waals surface area contributed by atoms with Crippen LogP contribution in [0.15, 0.2) is 12.4 Å². The molecule has 1 N–H and O–H groups in total. The van der Waals surface area contributed by atoms with Gasteiger partial charge in [0.25, 0.3) is 0 Å². The zero-order valence-electron chi connectivity index (χ0n) is 14.5. The van der Waals surface area contributed by atoms with Gasteiger partial charge in [0, 0.05) is 23.5 Å². The Morgan fingerprint density at radius 3 is 2.80 bits per heavy atom. The Morgan fingerprint density at radius 1 is 1.36 bits per heavy atom. The predicted molar refractivity (Wildman–Crippen MR) is 99.1 cm³/mol. The monoisotopic (exact) mass is 404 g/mol. The molecule has 1 aromatic rings. The molecule has 0 aromatic carbocycles. The van der Waals surface area contributed by atoms with E-state index < -0.39 is 0 Å². The van der Waals surface area contributed by atoms with Gasteiger partial charge in [0.2, 0.25) is 5.91 Å². The summed E-state index contributed by atoms with van der Waals surface area (Å²) in [4.78, 5) is 13.1. The van der Waals surface area contributed by atoms with Gasteiger partial charge in [-0.25, -0.2) is 0 Å². The first-order valence-corrected chi connectivity index (χ1v) is 10.2. The summed E-state index contributed by atoms with van der Waals surface area (Å²) in [5.74, 6) is 1.60. The molecule has 1 amide bonds.